The molecule has 8 heteroatoms. The highest BCUT2D eigenvalue weighted by molar-refractivity contribution is 5.95. The summed E-state index contributed by atoms with van der Waals surface area (Å²) in [5.41, 5.74) is 2.50. The maximum Gasteiger partial charge on any atom is 0.338 e. The summed E-state index contributed by atoms with van der Waals surface area (Å²) in [5.74, 6) is -0.310. The summed E-state index contributed by atoms with van der Waals surface area (Å²) in [7, 11) is 1.59. The average Bonchev–Trinajstić information content (AvgIpc) is 2.78. The first-order chi connectivity index (χ1) is 14.8. The lowest BCUT2D eigenvalue weighted by Gasteiger charge is -2.14. The summed E-state index contributed by atoms with van der Waals surface area (Å²) in [6.07, 6.45) is -0.972. The zero-order chi connectivity index (χ0) is 22.5. The van der Waals surface area contributed by atoms with Gasteiger partial charge in [0.2, 0.25) is 0 Å². The number of nitrogens with zero attached hydrogens (tertiary/aromatic N) is 2. The van der Waals surface area contributed by atoms with E-state index in [9.17, 15) is 14.4 Å². The molecular formula is C23H25N3O5. The van der Waals surface area contributed by atoms with Gasteiger partial charge in [0.1, 0.15) is 11.4 Å². The summed E-state index contributed by atoms with van der Waals surface area (Å²) in [4.78, 5) is 41.4. The smallest absolute Gasteiger partial charge is 0.338 e. The average molecular weight is 423 g/mol. The van der Waals surface area contributed by atoms with Crippen LogP contribution in [0.3, 0.4) is 0 Å². The van der Waals surface area contributed by atoms with Gasteiger partial charge in [-0.25, -0.2) is 9.78 Å². The quantitative estimate of drug-likeness (QED) is 0.587. The Morgan fingerprint density at radius 2 is 1.87 bits per heavy atom. The molecule has 3 rings (SSSR count). The molecule has 0 fully saturated rings. The maximum absolute atomic E-state index is 12.5. The van der Waals surface area contributed by atoms with E-state index in [1.165, 1.54) is 6.92 Å². The van der Waals surface area contributed by atoms with Gasteiger partial charge in [-0.05, 0) is 56.7 Å². The first kappa shape index (κ1) is 22.0. The standard InChI is InChI=1S/C23H25N3O5/c1-5-26-20-11-8-17(12-19(20)25-14(2)22(26)28)23(29)31-15(3)21(27)24-13-16-6-9-18(30-4)10-7-16/h6-12,15H,5,13H2,1-4H3,(H,24,27)/t15-/m0/s1. The molecule has 3 aromatic rings. The van der Waals surface area contributed by atoms with Crippen molar-refractivity contribution in [2.75, 3.05) is 7.11 Å². The number of rotatable bonds is 7. The molecule has 8 nitrogen and oxygen atoms in total. The van der Waals surface area contributed by atoms with Gasteiger partial charge in [-0.1, -0.05) is 12.1 Å². The van der Waals surface area contributed by atoms with Crippen molar-refractivity contribution >= 4 is 22.9 Å². The lowest BCUT2D eigenvalue weighted by atomic mass is 10.2. The van der Waals surface area contributed by atoms with E-state index in [-0.39, 0.29) is 11.1 Å². The molecule has 0 aliphatic rings. The Labute approximate surface area is 179 Å². The summed E-state index contributed by atoms with van der Waals surface area (Å²) in [6, 6.07) is 12.1. The minimum Gasteiger partial charge on any atom is -0.497 e. The van der Waals surface area contributed by atoms with Crippen LogP contribution in [-0.4, -0.2) is 34.6 Å². The Bertz CT molecular complexity index is 1170. The monoisotopic (exact) mass is 423 g/mol. The van der Waals surface area contributed by atoms with Crippen LogP contribution in [0.15, 0.2) is 47.3 Å². The predicted octanol–water partition coefficient (Wildman–Crippen LogP) is 2.60. The number of nitrogens with one attached hydrogen (secondary N) is 1. The largest absolute Gasteiger partial charge is 0.497 e. The Morgan fingerprint density at radius 1 is 1.16 bits per heavy atom. The van der Waals surface area contributed by atoms with Crippen molar-refractivity contribution in [1.29, 1.82) is 0 Å². The molecule has 2 aromatic carbocycles. The van der Waals surface area contributed by atoms with Crippen LogP contribution in [0.25, 0.3) is 11.0 Å². The highest BCUT2D eigenvalue weighted by atomic mass is 16.5. The summed E-state index contributed by atoms with van der Waals surface area (Å²) < 4.78 is 12.0. The Hall–Kier alpha value is -3.68. The lowest BCUT2D eigenvalue weighted by molar-refractivity contribution is -0.129. The van der Waals surface area contributed by atoms with E-state index < -0.39 is 18.0 Å². The number of aromatic nitrogens is 2. The Morgan fingerprint density at radius 3 is 2.52 bits per heavy atom. The molecule has 0 aliphatic carbocycles. The van der Waals surface area contributed by atoms with Crippen LogP contribution in [0.5, 0.6) is 5.75 Å². The van der Waals surface area contributed by atoms with Crippen molar-refractivity contribution in [3.05, 3.63) is 69.6 Å². The second-order valence-corrected chi connectivity index (χ2v) is 7.06. The third kappa shape index (κ3) is 4.91. The second kappa shape index (κ2) is 9.42. The van der Waals surface area contributed by atoms with Gasteiger partial charge in [-0.3, -0.25) is 9.59 Å². The molecule has 0 spiro atoms. The fourth-order valence-corrected chi connectivity index (χ4v) is 3.17. The Balaban J connectivity index is 1.66. The maximum atomic E-state index is 12.5. The normalized spacial score (nSPS) is 11.7. The van der Waals surface area contributed by atoms with Crippen LogP contribution in [-0.2, 0) is 22.6 Å². The van der Waals surface area contributed by atoms with Gasteiger partial charge in [-0.15, -0.1) is 0 Å². The van der Waals surface area contributed by atoms with Gasteiger partial charge >= 0.3 is 5.97 Å². The van der Waals surface area contributed by atoms with Gasteiger partial charge in [0.15, 0.2) is 6.10 Å². The number of fused-ring (bicyclic) bond motifs is 1. The molecule has 0 bridgehead atoms. The lowest BCUT2D eigenvalue weighted by Crippen LogP contribution is -2.35. The van der Waals surface area contributed by atoms with E-state index in [4.69, 9.17) is 9.47 Å². The topological polar surface area (TPSA) is 99.5 Å². The van der Waals surface area contributed by atoms with Gasteiger partial charge in [0, 0.05) is 13.1 Å². The number of ether oxygens (including phenoxy) is 2. The molecule has 162 valence electrons. The van der Waals surface area contributed by atoms with E-state index in [1.807, 2.05) is 19.1 Å². The van der Waals surface area contributed by atoms with Crippen LogP contribution < -0.4 is 15.6 Å². The van der Waals surface area contributed by atoms with E-state index >= 15 is 0 Å². The molecule has 1 amide bonds. The number of amides is 1. The summed E-state index contributed by atoms with van der Waals surface area (Å²) >= 11 is 0. The first-order valence-corrected chi connectivity index (χ1v) is 9.96. The fourth-order valence-electron chi connectivity index (χ4n) is 3.17. The summed E-state index contributed by atoms with van der Waals surface area (Å²) in [5, 5.41) is 2.74. The fraction of sp³-hybridized carbons (Fsp3) is 0.304. The summed E-state index contributed by atoms with van der Waals surface area (Å²) in [6.45, 7) is 5.81. The molecule has 31 heavy (non-hydrogen) atoms. The number of hydrogen-bond acceptors (Lipinski definition) is 6. The highest BCUT2D eigenvalue weighted by Crippen LogP contribution is 2.15. The number of benzene rings is 2. The van der Waals surface area contributed by atoms with Crippen molar-refractivity contribution < 1.29 is 19.1 Å². The minimum atomic E-state index is -0.972. The Kier molecular flexibility index (Phi) is 6.69. The van der Waals surface area contributed by atoms with Crippen LogP contribution in [0.4, 0.5) is 0 Å². The number of esters is 1. The minimum absolute atomic E-state index is 0.160. The van der Waals surface area contributed by atoms with Crippen LogP contribution >= 0.6 is 0 Å². The zero-order valence-electron chi connectivity index (χ0n) is 18.0. The third-order valence-corrected chi connectivity index (χ3v) is 4.94. The zero-order valence-corrected chi connectivity index (χ0v) is 18.0. The molecule has 0 aliphatic heterocycles. The SMILES string of the molecule is CCn1c(=O)c(C)nc2cc(C(=O)O[C@@H](C)C(=O)NCc3ccc(OC)cc3)ccc21. The van der Waals surface area contributed by atoms with E-state index in [1.54, 1.807) is 48.9 Å². The van der Waals surface area contributed by atoms with Gasteiger partial charge in [0.25, 0.3) is 11.5 Å². The number of carbonyl (C=O) groups is 2. The molecule has 0 saturated heterocycles. The van der Waals surface area contributed by atoms with Crippen LogP contribution in [0.1, 0.15) is 35.5 Å². The molecule has 1 atom stereocenters. The van der Waals surface area contributed by atoms with Crippen LogP contribution in [0.2, 0.25) is 0 Å². The molecule has 1 heterocycles. The van der Waals surface area contributed by atoms with Gasteiger partial charge < -0.3 is 19.4 Å². The van der Waals surface area contributed by atoms with Crippen LogP contribution in [0, 0.1) is 6.92 Å². The number of carbonyl (C=O) groups excluding carboxylic acids is 2. The number of methoxy groups -OCH3 is 1. The molecule has 0 radical (unpaired) electrons. The first-order valence-electron chi connectivity index (χ1n) is 9.96. The van der Waals surface area contributed by atoms with Crippen molar-refractivity contribution in [2.45, 2.75) is 40.0 Å². The number of aryl methyl sites for hydroxylation is 2. The second-order valence-electron chi connectivity index (χ2n) is 7.06. The van der Waals surface area contributed by atoms with Crippen molar-refractivity contribution in [1.82, 2.24) is 14.9 Å². The van der Waals surface area contributed by atoms with E-state index in [0.717, 1.165) is 11.3 Å². The van der Waals surface area contributed by atoms with Crippen molar-refractivity contribution in [3.63, 3.8) is 0 Å². The predicted molar refractivity (Wildman–Crippen MR) is 116 cm³/mol. The third-order valence-electron chi connectivity index (χ3n) is 4.94. The van der Waals surface area contributed by atoms with Gasteiger partial charge in [0.05, 0.1) is 23.7 Å². The van der Waals surface area contributed by atoms with E-state index in [0.29, 0.717) is 29.8 Å². The highest BCUT2D eigenvalue weighted by Gasteiger charge is 2.19. The van der Waals surface area contributed by atoms with Gasteiger partial charge in [-0.2, -0.15) is 0 Å². The van der Waals surface area contributed by atoms with E-state index in [2.05, 4.69) is 10.3 Å². The van der Waals surface area contributed by atoms with Crippen molar-refractivity contribution in [2.24, 2.45) is 0 Å². The molecule has 1 N–H and O–H groups in total. The molecular weight excluding hydrogens is 398 g/mol. The molecule has 0 saturated carbocycles. The number of hydrogen-bond donors (Lipinski definition) is 1. The molecule has 1 aromatic heterocycles. The van der Waals surface area contributed by atoms with Crippen molar-refractivity contribution in [3.8, 4) is 5.75 Å². The molecule has 0 unspecified atom stereocenters.